The molecule has 3 aromatic heterocycles. The summed E-state index contributed by atoms with van der Waals surface area (Å²) in [4.78, 5) is 19.1. The van der Waals surface area contributed by atoms with Crippen molar-refractivity contribution >= 4 is 17.0 Å². The van der Waals surface area contributed by atoms with Gasteiger partial charge >= 0.3 is 6.18 Å². The fourth-order valence-corrected chi connectivity index (χ4v) is 4.61. The summed E-state index contributed by atoms with van der Waals surface area (Å²) in [5, 5.41) is 29.8. The second-order valence-electron chi connectivity index (χ2n) is 8.50. The van der Waals surface area contributed by atoms with Gasteiger partial charge in [0, 0.05) is 25.2 Å². The highest BCUT2D eigenvalue weighted by Crippen LogP contribution is 2.35. The molecule has 0 saturated carbocycles. The molecule has 5 heterocycles. The maximum atomic E-state index is 12.9. The third-order valence-electron chi connectivity index (χ3n) is 6.39. The molecule has 34 heavy (non-hydrogen) atoms. The number of aliphatic hydroxyl groups excluding tert-OH is 3. The molecule has 0 radical (unpaired) electrons. The van der Waals surface area contributed by atoms with Crippen LogP contribution in [0.3, 0.4) is 0 Å². The molecule has 5 rings (SSSR count). The van der Waals surface area contributed by atoms with E-state index in [2.05, 4.69) is 19.9 Å². The van der Waals surface area contributed by atoms with Crippen LogP contribution in [0.1, 0.15) is 36.2 Å². The fourth-order valence-electron chi connectivity index (χ4n) is 4.61. The molecule has 1 unspecified atom stereocenters. The summed E-state index contributed by atoms with van der Waals surface area (Å²) in [6.45, 7) is 0.697. The molecule has 0 bridgehead atoms. The van der Waals surface area contributed by atoms with E-state index in [4.69, 9.17) is 4.74 Å². The third kappa shape index (κ3) is 3.98. The van der Waals surface area contributed by atoms with Gasteiger partial charge in [0.1, 0.15) is 36.0 Å². The maximum absolute atomic E-state index is 12.9. The van der Waals surface area contributed by atoms with Crippen LogP contribution in [0, 0.1) is 0 Å². The number of aliphatic hydroxyl groups is 3. The summed E-state index contributed by atoms with van der Waals surface area (Å²) in [6, 6.07) is 2.40. The standard InChI is InChI=1S/C21H23F3N6O4/c22-21(23,24)12-3-4-14(25-6-12)29-5-1-2-11(7-29)15-16-19(27-9-26-15)30(10-28-16)20-18(33)17(32)13(8-31)34-20/h3-4,6,9-11,13,17-18,20,31-33H,1-2,5,7-8H2/t11?,13-,17+,18+,20-/m1/s1. The molecule has 0 aliphatic carbocycles. The Morgan fingerprint density at radius 1 is 1.09 bits per heavy atom. The molecule has 182 valence electrons. The molecule has 2 saturated heterocycles. The molecule has 0 spiro atoms. The van der Waals surface area contributed by atoms with Crippen LogP contribution in [-0.4, -0.2) is 77.8 Å². The number of nitrogens with zero attached hydrogens (tertiary/aromatic N) is 6. The summed E-state index contributed by atoms with van der Waals surface area (Å²) in [5.74, 6) is 0.386. The average molecular weight is 480 g/mol. The Labute approximate surface area is 191 Å². The van der Waals surface area contributed by atoms with Crippen molar-refractivity contribution in [3.05, 3.63) is 42.2 Å². The second kappa shape index (κ2) is 8.73. The molecular formula is C21H23F3N6O4. The normalized spacial score (nSPS) is 28.1. The summed E-state index contributed by atoms with van der Waals surface area (Å²) in [7, 11) is 0. The first-order valence-corrected chi connectivity index (χ1v) is 10.9. The predicted molar refractivity (Wildman–Crippen MR) is 112 cm³/mol. The highest BCUT2D eigenvalue weighted by Gasteiger charge is 2.44. The monoisotopic (exact) mass is 480 g/mol. The van der Waals surface area contributed by atoms with Gasteiger partial charge < -0.3 is 25.0 Å². The lowest BCUT2D eigenvalue weighted by Gasteiger charge is -2.33. The van der Waals surface area contributed by atoms with Crippen LogP contribution in [0.2, 0.25) is 0 Å². The van der Waals surface area contributed by atoms with Gasteiger partial charge in [0.25, 0.3) is 0 Å². The fraction of sp³-hybridized carbons (Fsp3) is 0.524. The van der Waals surface area contributed by atoms with Crippen molar-refractivity contribution in [3.8, 4) is 0 Å². The number of ether oxygens (including phenoxy) is 1. The van der Waals surface area contributed by atoms with Gasteiger partial charge in [0.2, 0.25) is 0 Å². The minimum atomic E-state index is -4.44. The van der Waals surface area contributed by atoms with Gasteiger partial charge in [-0.3, -0.25) is 4.57 Å². The first-order valence-electron chi connectivity index (χ1n) is 10.9. The smallest absolute Gasteiger partial charge is 0.394 e. The van der Waals surface area contributed by atoms with Gasteiger partial charge in [0.05, 0.1) is 24.2 Å². The summed E-state index contributed by atoms with van der Waals surface area (Å²) in [5.41, 5.74) is 0.793. The average Bonchev–Trinajstić information content (AvgIpc) is 3.39. The minimum absolute atomic E-state index is 0.0723. The van der Waals surface area contributed by atoms with Crippen LogP contribution in [0.25, 0.3) is 11.2 Å². The molecule has 0 amide bonds. The molecule has 2 aliphatic rings. The van der Waals surface area contributed by atoms with Crippen molar-refractivity contribution in [1.29, 1.82) is 0 Å². The lowest BCUT2D eigenvalue weighted by Crippen LogP contribution is -2.35. The molecule has 2 fully saturated rings. The number of fused-ring (bicyclic) bond motifs is 1. The molecule has 10 nitrogen and oxygen atoms in total. The van der Waals surface area contributed by atoms with E-state index in [1.54, 1.807) is 0 Å². The first-order chi connectivity index (χ1) is 16.3. The quantitative estimate of drug-likeness (QED) is 0.505. The van der Waals surface area contributed by atoms with E-state index >= 15 is 0 Å². The van der Waals surface area contributed by atoms with Crippen molar-refractivity contribution < 1.29 is 33.2 Å². The van der Waals surface area contributed by atoms with Crippen LogP contribution in [0.5, 0.6) is 0 Å². The van der Waals surface area contributed by atoms with Gasteiger partial charge in [-0.2, -0.15) is 13.2 Å². The molecule has 2 aliphatic heterocycles. The van der Waals surface area contributed by atoms with E-state index in [0.717, 1.165) is 25.1 Å². The number of anilines is 1. The second-order valence-corrected chi connectivity index (χ2v) is 8.50. The van der Waals surface area contributed by atoms with Crippen molar-refractivity contribution in [2.45, 2.75) is 49.5 Å². The molecule has 5 atom stereocenters. The minimum Gasteiger partial charge on any atom is -0.394 e. The molecule has 3 aromatic rings. The zero-order chi connectivity index (χ0) is 24.0. The van der Waals surface area contributed by atoms with Gasteiger partial charge in [-0.15, -0.1) is 0 Å². The highest BCUT2D eigenvalue weighted by atomic mass is 19.4. The molecule has 13 heteroatoms. The predicted octanol–water partition coefficient (Wildman–Crippen LogP) is 1.24. The number of pyridine rings is 1. The topological polar surface area (TPSA) is 130 Å². The van der Waals surface area contributed by atoms with E-state index < -0.39 is 42.9 Å². The van der Waals surface area contributed by atoms with E-state index in [1.807, 2.05) is 4.90 Å². The molecule has 0 aromatic carbocycles. The van der Waals surface area contributed by atoms with E-state index in [1.165, 1.54) is 23.3 Å². The van der Waals surface area contributed by atoms with Gasteiger partial charge in [0.15, 0.2) is 11.9 Å². The lowest BCUT2D eigenvalue weighted by molar-refractivity contribution is -0.137. The van der Waals surface area contributed by atoms with E-state index in [0.29, 0.717) is 35.8 Å². The number of halogens is 3. The molecular weight excluding hydrogens is 457 g/mol. The van der Waals surface area contributed by atoms with Crippen molar-refractivity contribution in [1.82, 2.24) is 24.5 Å². The Morgan fingerprint density at radius 2 is 1.91 bits per heavy atom. The number of rotatable bonds is 4. The zero-order valence-corrected chi connectivity index (χ0v) is 17.9. The van der Waals surface area contributed by atoms with Crippen LogP contribution >= 0.6 is 0 Å². The van der Waals surface area contributed by atoms with Crippen molar-refractivity contribution in [2.75, 3.05) is 24.6 Å². The number of piperidine rings is 1. The zero-order valence-electron chi connectivity index (χ0n) is 17.9. The SMILES string of the molecule is OC[C@H]1O[C@@H](n2cnc3c(C4CCCN(c5ccc(C(F)(F)F)cn5)C4)ncnc32)[C@@H](O)[C@H]1O. The van der Waals surface area contributed by atoms with Crippen LogP contribution in [0.15, 0.2) is 31.0 Å². The Bertz CT molecular complexity index is 1160. The number of aromatic nitrogens is 5. The lowest BCUT2D eigenvalue weighted by atomic mass is 9.94. The van der Waals surface area contributed by atoms with Gasteiger partial charge in [-0.05, 0) is 25.0 Å². The Kier molecular flexibility index (Phi) is 5.88. The van der Waals surface area contributed by atoms with Gasteiger partial charge in [-0.25, -0.2) is 19.9 Å². The summed E-state index contributed by atoms with van der Waals surface area (Å²) < 4.78 is 45.7. The molecule has 3 N–H and O–H groups in total. The number of imidazole rings is 1. The van der Waals surface area contributed by atoms with E-state index in [-0.39, 0.29) is 5.92 Å². The Hall–Kier alpha value is -2.87. The van der Waals surface area contributed by atoms with Crippen molar-refractivity contribution in [2.24, 2.45) is 0 Å². The largest absolute Gasteiger partial charge is 0.417 e. The first kappa shape index (κ1) is 22.9. The van der Waals surface area contributed by atoms with Crippen molar-refractivity contribution in [3.63, 3.8) is 0 Å². The summed E-state index contributed by atoms with van der Waals surface area (Å²) in [6.07, 6.45) is -3.62. The van der Waals surface area contributed by atoms with Crippen LogP contribution in [-0.2, 0) is 10.9 Å². The van der Waals surface area contributed by atoms with Gasteiger partial charge in [-0.1, -0.05) is 0 Å². The van der Waals surface area contributed by atoms with Crippen LogP contribution in [0.4, 0.5) is 19.0 Å². The number of alkyl halides is 3. The highest BCUT2D eigenvalue weighted by molar-refractivity contribution is 5.74. The number of hydrogen-bond donors (Lipinski definition) is 3. The van der Waals surface area contributed by atoms with E-state index in [9.17, 15) is 28.5 Å². The van der Waals surface area contributed by atoms with Crippen LogP contribution < -0.4 is 4.90 Å². The Morgan fingerprint density at radius 3 is 2.59 bits per heavy atom. The maximum Gasteiger partial charge on any atom is 0.417 e. The number of hydrogen-bond acceptors (Lipinski definition) is 9. The summed E-state index contributed by atoms with van der Waals surface area (Å²) >= 11 is 0. The third-order valence-corrected chi connectivity index (χ3v) is 6.39. The Balaban J connectivity index is 1.40.